The summed E-state index contributed by atoms with van der Waals surface area (Å²) in [5.74, 6) is 0.661. The van der Waals surface area contributed by atoms with E-state index in [1.807, 2.05) is 6.92 Å². The van der Waals surface area contributed by atoms with E-state index < -0.39 is 9.84 Å². The van der Waals surface area contributed by atoms with Gasteiger partial charge in [-0.2, -0.15) is 0 Å². The zero-order valence-corrected chi connectivity index (χ0v) is 10.6. The molecule has 0 spiro atoms. The summed E-state index contributed by atoms with van der Waals surface area (Å²) in [5, 5.41) is 1.31. The quantitative estimate of drug-likeness (QED) is 0.884. The van der Waals surface area contributed by atoms with Crippen LogP contribution in [0, 0.1) is 5.92 Å². The summed E-state index contributed by atoms with van der Waals surface area (Å²) in [6.45, 7) is 2.33. The predicted molar refractivity (Wildman–Crippen MR) is 66.4 cm³/mol. The molecule has 1 unspecified atom stereocenters. The van der Waals surface area contributed by atoms with E-state index in [1.54, 1.807) is 25.3 Å². The van der Waals surface area contributed by atoms with Crippen LogP contribution in [0.15, 0.2) is 28.5 Å². The van der Waals surface area contributed by atoms with E-state index in [1.165, 1.54) is 5.41 Å². The van der Waals surface area contributed by atoms with E-state index in [0.717, 1.165) is 5.57 Å². The molecule has 1 aromatic rings. The van der Waals surface area contributed by atoms with Crippen LogP contribution < -0.4 is 10.5 Å². The Bertz CT molecular complexity index is 575. The summed E-state index contributed by atoms with van der Waals surface area (Å²) in [6.07, 6.45) is 0. The fraction of sp³-hybridized carbons (Fsp3) is 0.333. The fourth-order valence-electron chi connectivity index (χ4n) is 1.91. The number of sulfone groups is 1. The van der Waals surface area contributed by atoms with Gasteiger partial charge in [-0.3, -0.25) is 0 Å². The summed E-state index contributed by atoms with van der Waals surface area (Å²) in [6, 6.07) is 4.98. The average molecular weight is 253 g/mol. The Morgan fingerprint density at radius 2 is 2.12 bits per heavy atom. The van der Waals surface area contributed by atoms with Gasteiger partial charge in [-0.05, 0) is 36.2 Å². The lowest BCUT2D eigenvalue weighted by atomic mass is 9.95. The lowest BCUT2D eigenvalue weighted by molar-refractivity contribution is 0.414. The molecule has 1 heterocycles. The van der Waals surface area contributed by atoms with Crippen molar-refractivity contribution in [1.82, 2.24) is 0 Å². The number of hydrogen-bond donors (Lipinski definition) is 1. The second-order valence-electron chi connectivity index (χ2n) is 4.12. The first-order valence-corrected chi connectivity index (χ1v) is 6.89. The molecule has 2 rings (SSSR count). The predicted octanol–water partition coefficient (Wildman–Crippen LogP) is 1.42. The number of benzene rings is 1. The Morgan fingerprint density at radius 1 is 1.41 bits per heavy atom. The highest BCUT2D eigenvalue weighted by Crippen LogP contribution is 2.39. The third kappa shape index (κ3) is 1.96. The van der Waals surface area contributed by atoms with Crippen molar-refractivity contribution in [3.05, 3.63) is 29.2 Å². The van der Waals surface area contributed by atoms with Crippen LogP contribution in [0.3, 0.4) is 0 Å². The summed E-state index contributed by atoms with van der Waals surface area (Å²) >= 11 is 0. The number of hydrogen-bond acceptors (Lipinski definition) is 4. The largest absolute Gasteiger partial charge is 0.497 e. The highest BCUT2D eigenvalue weighted by molar-refractivity contribution is 7.95. The van der Waals surface area contributed by atoms with Crippen molar-refractivity contribution in [3.63, 3.8) is 0 Å². The lowest BCUT2D eigenvalue weighted by Crippen LogP contribution is -2.11. The first-order valence-electron chi connectivity index (χ1n) is 5.34. The van der Waals surface area contributed by atoms with Crippen molar-refractivity contribution in [3.8, 4) is 5.75 Å². The Labute approximate surface area is 101 Å². The highest BCUT2D eigenvalue weighted by atomic mass is 32.2. The van der Waals surface area contributed by atoms with E-state index in [9.17, 15) is 8.42 Å². The summed E-state index contributed by atoms with van der Waals surface area (Å²) in [4.78, 5) is 0.341. The molecule has 0 amide bonds. The van der Waals surface area contributed by atoms with Gasteiger partial charge in [-0.25, -0.2) is 8.42 Å². The molecule has 0 saturated carbocycles. The zero-order valence-electron chi connectivity index (χ0n) is 9.80. The van der Waals surface area contributed by atoms with E-state index in [0.29, 0.717) is 22.8 Å². The molecule has 0 fully saturated rings. The molecule has 5 heteroatoms. The van der Waals surface area contributed by atoms with Gasteiger partial charge in [-0.1, -0.05) is 6.92 Å². The van der Waals surface area contributed by atoms with Crippen molar-refractivity contribution < 1.29 is 13.2 Å². The molecule has 17 heavy (non-hydrogen) atoms. The first kappa shape index (κ1) is 12.1. The van der Waals surface area contributed by atoms with Crippen LogP contribution in [0.2, 0.25) is 0 Å². The van der Waals surface area contributed by atoms with Gasteiger partial charge >= 0.3 is 0 Å². The Morgan fingerprint density at radius 3 is 2.71 bits per heavy atom. The van der Waals surface area contributed by atoms with Crippen LogP contribution in [-0.4, -0.2) is 22.1 Å². The Hall–Kier alpha value is -1.33. The van der Waals surface area contributed by atoms with Crippen LogP contribution in [0.1, 0.15) is 12.5 Å². The number of ether oxygens (including phenoxy) is 1. The van der Waals surface area contributed by atoms with Gasteiger partial charge in [0.2, 0.25) is 9.84 Å². The molecule has 0 saturated heterocycles. The summed E-state index contributed by atoms with van der Waals surface area (Å²) in [5.41, 5.74) is 7.08. The molecular weight excluding hydrogens is 238 g/mol. The molecular formula is C12H15NO3S. The number of rotatable bonds is 3. The van der Waals surface area contributed by atoms with Gasteiger partial charge in [0, 0.05) is 11.0 Å². The van der Waals surface area contributed by atoms with Crippen molar-refractivity contribution in [2.45, 2.75) is 11.8 Å². The minimum atomic E-state index is -3.31. The summed E-state index contributed by atoms with van der Waals surface area (Å²) in [7, 11) is -1.75. The van der Waals surface area contributed by atoms with Crippen molar-refractivity contribution in [2.75, 3.05) is 13.7 Å². The SMILES string of the molecule is COc1ccc2c(c1)C(C(C)CN)=CS2(=O)=O. The van der Waals surface area contributed by atoms with Gasteiger partial charge in [-0.15, -0.1) is 0 Å². The molecule has 2 N–H and O–H groups in total. The Balaban J connectivity index is 2.62. The zero-order chi connectivity index (χ0) is 12.6. The van der Waals surface area contributed by atoms with Crippen LogP contribution >= 0.6 is 0 Å². The Kier molecular flexibility index (Phi) is 2.97. The van der Waals surface area contributed by atoms with E-state index >= 15 is 0 Å². The maximum Gasteiger partial charge on any atom is 0.200 e. The third-order valence-electron chi connectivity index (χ3n) is 2.97. The molecule has 1 atom stereocenters. The first-order chi connectivity index (χ1) is 7.99. The monoisotopic (exact) mass is 253 g/mol. The smallest absolute Gasteiger partial charge is 0.200 e. The van der Waals surface area contributed by atoms with Crippen LogP contribution in [0.25, 0.3) is 5.57 Å². The number of fused-ring (bicyclic) bond motifs is 1. The molecule has 1 aliphatic rings. The van der Waals surface area contributed by atoms with E-state index in [2.05, 4.69) is 0 Å². The summed E-state index contributed by atoms with van der Waals surface area (Å²) < 4.78 is 29.0. The maximum absolute atomic E-state index is 11.9. The van der Waals surface area contributed by atoms with Gasteiger partial charge in [0.05, 0.1) is 12.0 Å². The molecule has 0 aromatic heterocycles. The number of methoxy groups -OCH3 is 1. The maximum atomic E-state index is 11.9. The van der Waals surface area contributed by atoms with Crippen molar-refractivity contribution in [1.29, 1.82) is 0 Å². The molecule has 92 valence electrons. The minimum Gasteiger partial charge on any atom is -0.497 e. The number of nitrogens with two attached hydrogens (primary N) is 1. The molecule has 0 bridgehead atoms. The standard InChI is InChI=1S/C12H15NO3S/c1-8(6-13)11-7-17(14,15)12-4-3-9(16-2)5-10(11)12/h3-5,7-8H,6,13H2,1-2H3. The van der Waals surface area contributed by atoms with E-state index in [-0.39, 0.29) is 5.92 Å². The van der Waals surface area contributed by atoms with E-state index in [4.69, 9.17) is 10.5 Å². The van der Waals surface area contributed by atoms with Crippen LogP contribution in [-0.2, 0) is 9.84 Å². The van der Waals surface area contributed by atoms with Gasteiger partial charge in [0.25, 0.3) is 0 Å². The molecule has 1 aliphatic heterocycles. The molecule has 4 nitrogen and oxygen atoms in total. The minimum absolute atomic E-state index is 0.0122. The average Bonchev–Trinajstić information content (AvgIpc) is 2.60. The van der Waals surface area contributed by atoms with Crippen molar-refractivity contribution >= 4 is 15.4 Å². The topological polar surface area (TPSA) is 69.4 Å². The van der Waals surface area contributed by atoms with Gasteiger partial charge in [0.15, 0.2) is 0 Å². The lowest BCUT2D eigenvalue weighted by Gasteiger charge is -2.11. The van der Waals surface area contributed by atoms with Crippen LogP contribution in [0.5, 0.6) is 5.75 Å². The fourth-order valence-corrected chi connectivity index (χ4v) is 3.47. The van der Waals surface area contributed by atoms with Crippen LogP contribution in [0.4, 0.5) is 0 Å². The second kappa shape index (κ2) is 4.16. The third-order valence-corrected chi connectivity index (χ3v) is 4.50. The van der Waals surface area contributed by atoms with Gasteiger partial charge < -0.3 is 10.5 Å². The molecule has 1 aromatic carbocycles. The van der Waals surface area contributed by atoms with Gasteiger partial charge in [0.1, 0.15) is 5.75 Å². The second-order valence-corrected chi connectivity index (χ2v) is 5.88. The van der Waals surface area contributed by atoms with Crippen molar-refractivity contribution in [2.24, 2.45) is 11.7 Å². The molecule has 0 aliphatic carbocycles. The molecule has 0 radical (unpaired) electrons. The normalized spacial score (nSPS) is 18.4. The highest BCUT2D eigenvalue weighted by Gasteiger charge is 2.29.